The Labute approximate surface area is 134 Å². The van der Waals surface area contributed by atoms with Crippen LogP contribution in [0.25, 0.3) is 0 Å². The van der Waals surface area contributed by atoms with Gasteiger partial charge in [-0.1, -0.05) is 12.1 Å². The molecule has 1 saturated heterocycles. The average molecular weight is 348 g/mol. The number of esters is 1. The summed E-state index contributed by atoms with van der Waals surface area (Å²) in [5.41, 5.74) is -3.71. The van der Waals surface area contributed by atoms with Gasteiger partial charge in [-0.2, -0.15) is 13.2 Å². The summed E-state index contributed by atoms with van der Waals surface area (Å²) in [5, 5.41) is 22.9. The van der Waals surface area contributed by atoms with E-state index < -0.39 is 35.9 Å². The Morgan fingerprint density at radius 2 is 1.92 bits per heavy atom. The number of phenols is 1. The summed E-state index contributed by atoms with van der Waals surface area (Å²) < 4.78 is 44.7. The smallest absolute Gasteiger partial charge is 0.437 e. The number of amides is 2. The minimum atomic E-state index is -5.32. The van der Waals surface area contributed by atoms with Crippen LogP contribution >= 0.6 is 0 Å². The highest BCUT2D eigenvalue weighted by atomic mass is 19.4. The van der Waals surface area contributed by atoms with Gasteiger partial charge in [0.25, 0.3) is 5.72 Å². The van der Waals surface area contributed by atoms with Crippen molar-refractivity contribution in [1.82, 2.24) is 10.6 Å². The Bertz CT molecular complexity index is 634. The summed E-state index contributed by atoms with van der Waals surface area (Å²) in [6.45, 7) is 1.19. The molecule has 24 heavy (non-hydrogen) atoms. The van der Waals surface area contributed by atoms with E-state index in [2.05, 4.69) is 10.1 Å². The van der Waals surface area contributed by atoms with Crippen molar-refractivity contribution >= 4 is 12.0 Å². The number of nitrogens with one attached hydrogen (secondary N) is 2. The van der Waals surface area contributed by atoms with Crippen molar-refractivity contribution in [1.29, 1.82) is 0 Å². The molecule has 0 aliphatic carbocycles. The summed E-state index contributed by atoms with van der Waals surface area (Å²) in [6, 6.07) is 2.01. The third kappa shape index (κ3) is 3.09. The number of benzene rings is 1. The number of ether oxygens (including phenoxy) is 1. The molecule has 1 fully saturated rings. The Morgan fingerprint density at radius 1 is 1.33 bits per heavy atom. The molecule has 1 aromatic carbocycles. The van der Waals surface area contributed by atoms with Gasteiger partial charge in [0.1, 0.15) is 11.7 Å². The van der Waals surface area contributed by atoms with Crippen LogP contribution in [0.5, 0.6) is 5.75 Å². The van der Waals surface area contributed by atoms with E-state index in [9.17, 15) is 33.0 Å². The first-order chi connectivity index (χ1) is 11.1. The van der Waals surface area contributed by atoms with Gasteiger partial charge in [0.2, 0.25) is 0 Å². The van der Waals surface area contributed by atoms with E-state index in [1.807, 2.05) is 0 Å². The van der Waals surface area contributed by atoms with Crippen LogP contribution in [0.15, 0.2) is 24.3 Å². The van der Waals surface area contributed by atoms with Crippen LogP contribution in [0.2, 0.25) is 0 Å². The first-order valence-corrected chi connectivity index (χ1v) is 6.93. The zero-order valence-electron chi connectivity index (χ0n) is 12.4. The van der Waals surface area contributed by atoms with Crippen LogP contribution < -0.4 is 10.6 Å². The quantitative estimate of drug-likeness (QED) is 0.614. The maximum Gasteiger partial charge on any atom is 0.437 e. The molecule has 1 aliphatic rings. The van der Waals surface area contributed by atoms with Crippen molar-refractivity contribution in [3.63, 3.8) is 0 Å². The number of alkyl halides is 3. The second kappa shape index (κ2) is 6.19. The molecule has 7 nitrogen and oxygen atoms in total. The Kier molecular flexibility index (Phi) is 4.61. The number of halogens is 3. The van der Waals surface area contributed by atoms with Gasteiger partial charge in [-0.15, -0.1) is 0 Å². The second-order valence-corrected chi connectivity index (χ2v) is 5.16. The molecular weight excluding hydrogens is 333 g/mol. The monoisotopic (exact) mass is 348 g/mol. The summed E-state index contributed by atoms with van der Waals surface area (Å²) in [6.07, 6.45) is -5.32. The lowest BCUT2D eigenvalue weighted by Gasteiger charge is -2.44. The highest BCUT2D eigenvalue weighted by molar-refractivity contribution is 5.83. The Balaban J connectivity index is 2.55. The number of aromatic hydroxyl groups is 1. The van der Waals surface area contributed by atoms with Crippen molar-refractivity contribution in [3.8, 4) is 5.75 Å². The van der Waals surface area contributed by atoms with Crippen LogP contribution in [0.4, 0.5) is 18.0 Å². The SMILES string of the molecule is CCOC(=O)[C@@H]1[C@@H](c2ccc(O)cc2)NC(=O)N[C@]1(O)C(F)(F)F. The maximum atomic E-state index is 13.4. The fourth-order valence-corrected chi connectivity index (χ4v) is 2.50. The van der Waals surface area contributed by atoms with E-state index in [4.69, 9.17) is 0 Å². The fourth-order valence-electron chi connectivity index (χ4n) is 2.50. The number of carbonyl (C=O) groups is 2. The molecule has 1 heterocycles. The van der Waals surface area contributed by atoms with Gasteiger partial charge >= 0.3 is 18.2 Å². The predicted octanol–water partition coefficient (Wildman–Crippen LogP) is 1.18. The first-order valence-electron chi connectivity index (χ1n) is 6.93. The third-order valence-corrected chi connectivity index (χ3v) is 3.60. The van der Waals surface area contributed by atoms with E-state index in [1.54, 1.807) is 0 Å². The average Bonchev–Trinajstić information content (AvgIpc) is 2.46. The first kappa shape index (κ1) is 17.9. The molecule has 0 radical (unpaired) electrons. The molecule has 0 bridgehead atoms. The molecule has 132 valence electrons. The summed E-state index contributed by atoms with van der Waals surface area (Å²) in [7, 11) is 0. The predicted molar refractivity (Wildman–Crippen MR) is 73.6 cm³/mol. The van der Waals surface area contributed by atoms with Gasteiger partial charge in [0.05, 0.1) is 12.6 Å². The lowest BCUT2D eigenvalue weighted by molar-refractivity contribution is -0.294. The summed E-state index contributed by atoms with van der Waals surface area (Å²) in [4.78, 5) is 23.7. The number of aliphatic hydroxyl groups is 1. The molecule has 2 amide bonds. The summed E-state index contributed by atoms with van der Waals surface area (Å²) in [5.74, 6) is -3.67. The molecule has 0 spiro atoms. The van der Waals surface area contributed by atoms with Gasteiger partial charge in [-0.05, 0) is 24.6 Å². The van der Waals surface area contributed by atoms with Crippen molar-refractivity contribution in [2.75, 3.05) is 6.61 Å². The molecule has 3 atom stereocenters. The highest BCUT2D eigenvalue weighted by Crippen LogP contribution is 2.43. The number of hydrogen-bond donors (Lipinski definition) is 4. The lowest BCUT2D eigenvalue weighted by atomic mass is 9.82. The normalized spacial score (nSPS) is 27.1. The van der Waals surface area contributed by atoms with Gasteiger partial charge in [-0.3, -0.25) is 4.79 Å². The zero-order valence-corrected chi connectivity index (χ0v) is 12.4. The number of phenolic OH excluding ortho intramolecular Hbond substituents is 1. The van der Waals surface area contributed by atoms with Gasteiger partial charge in [0, 0.05) is 0 Å². The third-order valence-electron chi connectivity index (χ3n) is 3.60. The molecule has 1 aromatic rings. The van der Waals surface area contributed by atoms with Gasteiger partial charge in [0.15, 0.2) is 0 Å². The molecular formula is C14H15F3N2O5. The molecule has 10 heteroatoms. The largest absolute Gasteiger partial charge is 0.508 e. The van der Waals surface area contributed by atoms with Crippen LogP contribution in [0, 0.1) is 5.92 Å². The fraction of sp³-hybridized carbons (Fsp3) is 0.429. The summed E-state index contributed by atoms with van der Waals surface area (Å²) >= 11 is 0. The van der Waals surface area contributed by atoms with Crippen LogP contribution in [0.1, 0.15) is 18.5 Å². The molecule has 2 rings (SSSR count). The highest BCUT2D eigenvalue weighted by Gasteiger charge is 2.67. The van der Waals surface area contributed by atoms with Crippen molar-refractivity contribution < 1.29 is 37.7 Å². The molecule has 0 aromatic heterocycles. The van der Waals surface area contributed by atoms with Crippen LogP contribution in [0.3, 0.4) is 0 Å². The number of carbonyl (C=O) groups excluding carboxylic acids is 2. The Morgan fingerprint density at radius 3 is 2.42 bits per heavy atom. The van der Waals surface area contributed by atoms with Crippen molar-refractivity contribution in [2.24, 2.45) is 5.92 Å². The zero-order chi connectivity index (χ0) is 18.1. The van der Waals surface area contributed by atoms with Crippen molar-refractivity contribution in [2.45, 2.75) is 24.9 Å². The van der Waals surface area contributed by atoms with E-state index in [0.29, 0.717) is 0 Å². The number of hydrogen-bond acceptors (Lipinski definition) is 5. The second-order valence-electron chi connectivity index (χ2n) is 5.16. The van der Waals surface area contributed by atoms with Crippen LogP contribution in [-0.2, 0) is 9.53 Å². The van der Waals surface area contributed by atoms with Gasteiger partial charge < -0.3 is 25.6 Å². The van der Waals surface area contributed by atoms with E-state index in [0.717, 1.165) is 0 Å². The molecule has 0 unspecified atom stereocenters. The van der Waals surface area contributed by atoms with Crippen LogP contribution in [-0.4, -0.2) is 40.7 Å². The standard InChI is InChI=1S/C14H15F3N2O5/c1-2-24-11(21)9-10(7-3-5-8(20)6-4-7)18-12(22)19-13(9,23)14(15,16)17/h3-6,9-10,20,23H,2H2,1H3,(H2,18,19,22)/t9-,10+,13+/m0/s1. The molecule has 0 saturated carbocycles. The number of rotatable bonds is 3. The number of urea groups is 1. The van der Waals surface area contributed by atoms with E-state index in [-0.39, 0.29) is 17.9 Å². The van der Waals surface area contributed by atoms with E-state index in [1.165, 1.54) is 36.5 Å². The molecule has 4 N–H and O–H groups in total. The Hall–Kier alpha value is -2.49. The minimum absolute atomic E-state index is 0.0865. The van der Waals surface area contributed by atoms with E-state index >= 15 is 0 Å². The maximum absolute atomic E-state index is 13.4. The van der Waals surface area contributed by atoms with Crippen molar-refractivity contribution in [3.05, 3.63) is 29.8 Å². The van der Waals surface area contributed by atoms with Gasteiger partial charge in [-0.25, -0.2) is 4.79 Å². The topological polar surface area (TPSA) is 108 Å². The molecule has 1 aliphatic heterocycles. The minimum Gasteiger partial charge on any atom is -0.508 e. The lowest BCUT2D eigenvalue weighted by Crippen LogP contribution is -2.73.